The normalized spacial score (nSPS) is 10.2. The zero-order chi connectivity index (χ0) is 12.0. The maximum atomic E-state index is 11.4. The summed E-state index contributed by atoms with van der Waals surface area (Å²) in [6, 6.07) is 0. The second-order valence-electron chi connectivity index (χ2n) is 3.78. The van der Waals surface area contributed by atoms with E-state index in [1.807, 2.05) is 0 Å². The summed E-state index contributed by atoms with van der Waals surface area (Å²) < 4.78 is 0.965. The van der Waals surface area contributed by atoms with Gasteiger partial charge < -0.3 is 10.6 Å². The number of rotatable bonds is 5. The summed E-state index contributed by atoms with van der Waals surface area (Å²) in [6.07, 6.45) is 3.39. The van der Waals surface area contributed by atoms with Gasteiger partial charge in [0.25, 0.3) is 0 Å². The third-order valence-corrected chi connectivity index (χ3v) is 2.29. The molecule has 16 heavy (non-hydrogen) atoms. The number of hydrogen-bond acceptors (Lipinski definition) is 4. The van der Waals surface area contributed by atoms with Gasteiger partial charge in [-0.25, -0.2) is 9.97 Å². The first-order chi connectivity index (χ1) is 7.58. The minimum absolute atomic E-state index is 0.0455. The zero-order valence-corrected chi connectivity index (χ0v) is 11.5. The predicted molar refractivity (Wildman–Crippen MR) is 71.1 cm³/mol. The van der Waals surface area contributed by atoms with Gasteiger partial charge >= 0.3 is 0 Å². The molecule has 0 radical (unpaired) electrons. The molecule has 0 spiro atoms. The topological polar surface area (TPSA) is 66.9 Å². The summed E-state index contributed by atoms with van der Waals surface area (Å²) in [5, 5.41) is 5.66. The van der Waals surface area contributed by atoms with Crippen LogP contribution in [0.15, 0.2) is 12.4 Å². The minimum atomic E-state index is -0.0455. The van der Waals surface area contributed by atoms with Gasteiger partial charge in [-0.3, -0.25) is 4.79 Å². The summed E-state index contributed by atoms with van der Waals surface area (Å²) in [6.45, 7) is 4.99. The predicted octanol–water partition coefficient (Wildman–Crippen LogP) is 1.27. The highest BCUT2D eigenvalue weighted by Crippen LogP contribution is 2.01. The molecule has 6 heteroatoms. The van der Waals surface area contributed by atoms with Crippen LogP contribution in [0.1, 0.15) is 13.8 Å². The first-order valence-electron chi connectivity index (χ1n) is 5.06. The number of carbonyl (C=O) groups excluding carboxylic acids is 1. The molecular weight excluding hydrogens is 319 g/mol. The molecule has 0 saturated carbocycles. The first kappa shape index (κ1) is 13.1. The lowest BCUT2D eigenvalue weighted by Gasteiger charge is -2.08. The summed E-state index contributed by atoms with van der Waals surface area (Å²) in [4.78, 5) is 19.4. The van der Waals surface area contributed by atoms with Crippen molar-refractivity contribution in [3.63, 3.8) is 0 Å². The van der Waals surface area contributed by atoms with Gasteiger partial charge in [-0.1, -0.05) is 13.8 Å². The van der Waals surface area contributed by atoms with Crippen LogP contribution in [0.4, 0.5) is 5.95 Å². The van der Waals surface area contributed by atoms with E-state index in [2.05, 4.69) is 57.0 Å². The van der Waals surface area contributed by atoms with E-state index in [0.29, 0.717) is 18.4 Å². The van der Waals surface area contributed by atoms with Crippen molar-refractivity contribution < 1.29 is 4.79 Å². The number of amides is 1. The quantitative estimate of drug-likeness (QED) is 0.796. The molecule has 1 heterocycles. The van der Waals surface area contributed by atoms with Crippen LogP contribution < -0.4 is 10.6 Å². The third kappa shape index (κ3) is 5.24. The van der Waals surface area contributed by atoms with Gasteiger partial charge in [0.2, 0.25) is 11.9 Å². The molecule has 0 aliphatic rings. The van der Waals surface area contributed by atoms with Crippen LogP contribution in [0.25, 0.3) is 0 Å². The number of nitrogens with one attached hydrogen (secondary N) is 2. The Morgan fingerprint density at radius 3 is 2.62 bits per heavy atom. The van der Waals surface area contributed by atoms with E-state index in [1.165, 1.54) is 0 Å². The fraction of sp³-hybridized carbons (Fsp3) is 0.500. The lowest BCUT2D eigenvalue weighted by molar-refractivity contribution is -0.119. The van der Waals surface area contributed by atoms with Crippen molar-refractivity contribution in [2.75, 3.05) is 18.4 Å². The second-order valence-corrected chi connectivity index (χ2v) is 5.02. The lowest BCUT2D eigenvalue weighted by Crippen LogP contribution is -2.32. The van der Waals surface area contributed by atoms with Crippen LogP contribution in [0, 0.1) is 9.49 Å². The molecule has 0 bridgehead atoms. The molecule has 1 rings (SSSR count). The molecule has 0 aliphatic carbocycles. The number of hydrogen-bond donors (Lipinski definition) is 2. The molecule has 0 aliphatic heterocycles. The average Bonchev–Trinajstić information content (AvgIpc) is 2.25. The van der Waals surface area contributed by atoms with Crippen molar-refractivity contribution in [3.05, 3.63) is 16.0 Å². The lowest BCUT2D eigenvalue weighted by atomic mass is 10.2. The van der Waals surface area contributed by atoms with Crippen molar-refractivity contribution in [2.45, 2.75) is 13.8 Å². The van der Waals surface area contributed by atoms with E-state index < -0.39 is 0 Å². The Balaban J connectivity index is 2.29. The molecule has 0 unspecified atom stereocenters. The molecule has 1 amide bonds. The highest BCUT2D eigenvalue weighted by Gasteiger charge is 2.02. The van der Waals surface area contributed by atoms with Gasteiger partial charge in [0.1, 0.15) is 0 Å². The molecule has 0 fully saturated rings. The molecule has 88 valence electrons. The number of halogens is 1. The largest absolute Gasteiger partial charge is 0.354 e. The van der Waals surface area contributed by atoms with E-state index in [4.69, 9.17) is 0 Å². The molecular formula is C10H15IN4O. The van der Waals surface area contributed by atoms with Crippen LogP contribution in [-0.2, 0) is 4.79 Å². The summed E-state index contributed by atoms with van der Waals surface area (Å²) >= 11 is 2.13. The van der Waals surface area contributed by atoms with E-state index in [9.17, 15) is 4.79 Å². The van der Waals surface area contributed by atoms with Gasteiger partial charge in [0, 0.05) is 22.5 Å². The van der Waals surface area contributed by atoms with Crippen molar-refractivity contribution in [1.29, 1.82) is 0 Å². The van der Waals surface area contributed by atoms with Crippen LogP contribution in [0.2, 0.25) is 0 Å². The van der Waals surface area contributed by atoms with E-state index in [1.54, 1.807) is 12.4 Å². The molecule has 1 aromatic heterocycles. The Hall–Kier alpha value is -0.920. The minimum Gasteiger partial charge on any atom is -0.354 e. The van der Waals surface area contributed by atoms with Crippen molar-refractivity contribution >= 4 is 34.4 Å². The summed E-state index contributed by atoms with van der Waals surface area (Å²) in [5.41, 5.74) is 0. The third-order valence-electron chi connectivity index (χ3n) is 1.73. The van der Waals surface area contributed by atoms with Gasteiger partial charge in [-0.2, -0.15) is 0 Å². The monoisotopic (exact) mass is 334 g/mol. The smallest absolute Gasteiger partial charge is 0.239 e. The highest BCUT2D eigenvalue weighted by molar-refractivity contribution is 14.1. The highest BCUT2D eigenvalue weighted by atomic mass is 127. The van der Waals surface area contributed by atoms with Crippen molar-refractivity contribution in [3.8, 4) is 0 Å². The Morgan fingerprint density at radius 1 is 1.44 bits per heavy atom. The van der Waals surface area contributed by atoms with Crippen molar-refractivity contribution in [2.24, 2.45) is 5.92 Å². The van der Waals surface area contributed by atoms with Gasteiger partial charge in [0.05, 0.1) is 6.54 Å². The van der Waals surface area contributed by atoms with Crippen LogP contribution in [-0.4, -0.2) is 29.0 Å². The summed E-state index contributed by atoms with van der Waals surface area (Å²) in [5.74, 6) is 0.884. The number of anilines is 1. The zero-order valence-electron chi connectivity index (χ0n) is 9.33. The fourth-order valence-corrected chi connectivity index (χ4v) is 1.22. The number of aromatic nitrogens is 2. The molecule has 2 N–H and O–H groups in total. The average molecular weight is 334 g/mol. The Kier molecular flexibility index (Phi) is 5.44. The second kappa shape index (κ2) is 6.62. The fourth-order valence-electron chi connectivity index (χ4n) is 0.943. The number of carbonyl (C=O) groups is 1. The van der Waals surface area contributed by atoms with Gasteiger partial charge in [-0.15, -0.1) is 0 Å². The maximum absolute atomic E-state index is 11.4. The molecule has 0 saturated heterocycles. The van der Waals surface area contributed by atoms with Crippen molar-refractivity contribution in [1.82, 2.24) is 15.3 Å². The molecule has 1 aromatic rings. The first-order valence-corrected chi connectivity index (χ1v) is 6.14. The molecule has 0 aromatic carbocycles. The standard InChI is InChI=1S/C10H15IN4O/c1-7(2)3-12-9(16)6-15-10-13-4-8(11)5-14-10/h4-5,7H,3,6H2,1-2H3,(H,12,16)(H,13,14,15). The van der Waals surface area contributed by atoms with Gasteiger partial charge in [0.15, 0.2) is 0 Å². The molecule has 0 atom stereocenters. The van der Waals surface area contributed by atoms with Crippen LogP contribution >= 0.6 is 22.6 Å². The summed E-state index contributed by atoms with van der Waals surface area (Å²) in [7, 11) is 0. The van der Waals surface area contributed by atoms with E-state index in [-0.39, 0.29) is 12.5 Å². The maximum Gasteiger partial charge on any atom is 0.239 e. The van der Waals surface area contributed by atoms with Gasteiger partial charge in [-0.05, 0) is 28.5 Å². The Morgan fingerprint density at radius 2 is 2.06 bits per heavy atom. The van der Waals surface area contributed by atoms with E-state index in [0.717, 1.165) is 3.57 Å². The van der Waals surface area contributed by atoms with Crippen LogP contribution in [0.3, 0.4) is 0 Å². The number of nitrogens with zero attached hydrogens (tertiary/aromatic N) is 2. The Labute approximate surface area is 109 Å². The molecule has 5 nitrogen and oxygen atoms in total. The SMILES string of the molecule is CC(C)CNC(=O)CNc1ncc(I)cn1. The van der Waals surface area contributed by atoms with E-state index >= 15 is 0 Å². The Bertz CT molecular complexity index is 339. The van der Waals surface area contributed by atoms with Crippen LogP contribution in [0.5, 0.6) is 0 Å².